The van der Waals surface area contributed by atoms with Crippen LogP contribution in [0.15, 0.2) is 43.0 Å². The number of amides is 1. The average molecular weight is 183 g/mol. The van der Waals surface area contributed by atoms with E-state index in [2.05, 4.69) is 6.58 Å². The zero-order valence-electron chi connectivity index (χ0n) is 9.44. The van der Waals surface area contributed by atoms with Gasteiger partial charge >= 0.3 is 18.9 Å². The fourth-order valence-corrected chi connectivity index (χ4v) is 1.27. The second-order valence-electron chi connectivity index (χ2n) is 2.89. The molecule has 3 heteroatoms. The number of carbonyl (C=O) groups excluding carboxylic acids is 1. The second-order valence-corrected chi connectivity index (χ2v) is 2.89. The van der Waals surface area contributed by atoms with Crippen molar-refractivity contribution in [3.63, 3.8) is 0 Å². The van der Waals surface area contributed by atoms with Crippen LogP contribution in [0.2, 0.25) is 0 Å². The third-order valence-electron chi connectivity index (χ3n) is 1.95. The van der Waals surface area contributed by atoms with Gasteiger partial charge in [-0.1, -0.05) is 36.4 Å². The van der Waals surface area contributed by atoms with Crippen LogP contribution in [-0.2, 0) is 4.79 Å². The first-order valence-corrected chi connectivity index (χ1v) is 4.21. The second kappa shape index (κ2) is 6.48. The summed E-state index contributed by atoms with van der Waals surface area (Å²) in [6.07, 6.45) is 2.31. The van der Waals surface area contributed by atoms with Crippen molar-refractivity contribution in [3.05, 3.63) is 48.6 Å². The molecule has 2 nitrogen and oxygen atoms in total. The topological polar surface area (TPSA) is 43.1 Å². The van der Waals surface area contributed by atoms with Crippen LogP contribution in [0, 0.1) is 0 Å². The quantitative estimate of drug-likeness (QED) is 0.469. The van der Waals surface area contributed by atoms with E-state index in [0.717, 1.165) is 5.56 Å². The number of hydrogen-bond donors (Lipinski definition) is 1. The van der Waals surface area contributed by atoms with E-state index in [9.17, 15) is 4.79 Å². The number of carbonyl (C=O) groups is 1. The molecule has 1 rings (SSSR count). The number of benzene rings is 1. The molecule has 0 aromatic heterocycles. The van der Waals surface area contributed by atoms with Gasteiger partial charge in [0.1, 0.15) is 0 Å². The summed E-state index contributed by atoms with van der Waals surface area (Å²) in [5, 5.41) is 0. The third kappa shape index (κ3) is 3.41. The van der Waals surface area contributed by atoms with Gasteiger partial charge < -0.3 is 7.16 Å². The molecular weight excluding hydrogens is 169 g/mol. The predicted molar refractivity (Wildman–Crippen MR) is 54.3 cm³/mol. The van der Waals surface area contributed by atoms with Crippen LogP contribution >= 0.6 is 0 Å². The first-order chi connectivity index (χ1) is 6.25. The normalized spacial score (nSPS) is 11.1. The SMILES string of the molecule is C=CC[C@H](C(N)=O)c1ccccc1.[H-].[Li+]. The summed E-state index contributed by atoms with van der Waals surface area (Å²) in [4.78, 5) is 11.1. The number of rotatable bonds is 4. The Morgan fingerprint density at radius 1 is 1.50 bits per heavy atom. The first kappa shape index (κ1) is 13.0. The van der Waals surface area contributed by atoms with Crippen molar-refractivity contribution in [3.8, 4) is 0 Å². The minimum Gasteiger partial charge on any atom is -1.00 e. The molecule has 0 spiro atoms. The molecule has 0 aliphatic rings. The van der Waals surface area contributed by atoms with E-state index in [-0.39, 0.29) is 32.1 Å². The molecule has 1 aromatic rings. The Morgan fingerprint density at radius 3 is 2.50 bits per heavy atom. The summed E-state index contributed by atoms with van der Waals surface area (Å²) >= 11 is 0. The zero-order chi connectivity index (χ0) is 9.68. The van der Waals surface area contributed by atoms with Gasteiger partial charge in [-0.05, 0) is 12.0 Å². The first-order valence-electron chi connectivity index (χ1n) is 4.21. The van der Waals surface area contributed by atoms with E-state index in [4.69, 9.17) is 5.73 Å². The Bertz CT molecular complexity index is 303. The Balaban J connectivity index is 0. The van der Waals surface area contributed by atoms with Gasteiger partial charge in [0.15, 0.2) is 0 Å². The summed E-state index contributed by atoms with van der Waals surface area (Å²) in [6.45, 7) is 3.60. The van der Waals surface area contributed by atoms with Crippen LogP contribution in [0.1, 0.15) is 19.3 Å². The molecule has 1 aromatic carbocycles. The van der Waals surface area contributed by atoms with Gasteiger partial charge in [-0.3, -0.25) is 4.79 Å². The van der Waals surface area contributed by atoms with Gasteiger partial charge in [-0.25, -0.2) is 0 Å². The van der Waals surface area contributed by atoms with Gasteiger partial charge in [0.25, 0.3) is 0 Å². The van der Waals surface area contributed by atoms with Crippen molar-refractivity contribution in [2.24, 2.45) is 5.73 Å². The maximum absolute atomic E-state index is 11.1. The molecule has 14 heavy (non-hydrogen) atoms. The van der Waals surface area contributed by atoms with Crippen molar-refractivity contribution in [1.29, 1.82) is 0 Å². The van der Waals surface area contributed by atoms with Crippen LogP contribution in [0.5, 0.6) is 0 Å². The summed E-state index contributed by atoms with van der Waals surface area (Å²) in [5.41, 5.74) is 6.22. The van der Waals surface area contributed by atoms with Gasteiger partial charge in [0, 0.05) is 0 Å². The Morgan fingerprint density at radius 2 is 2.07 bits per heavy atom. The molecule has 0 fully saturated rings. The van der Waals surface area contributed by atoms with Crippen LogP contribution < -0.4 is 24.6 Å². The van der Waals surface area contributed by atoms with Crippen molar-refractivity contribution >= 4 is 5.91 Å². The number of primary amides is 1. The summed E-state index contributed by atoms with van der Waals surface area (Å²) in [5.74, 6) is -0.537. The van der Waals surface area contributed by atoms with E-state index in [1.165, 1.54) is 0 Å². The molecule has 0 saturated heterocycles. The Labute approximate surface area is 97.9 Å². The number of hydrogen-bond acceptors (Lipinski definition) is 1. The standard InChI is InChI=1S/C11H13NO.Li.H/c1-2-6-10(11(12)13)9-7-4-3-5-8-9;;/h2-5,7-8,10H,1,6H2,(H2,12,13);;/q;+1;-1/t10-;;/m0../s1. The van der Waals surface area contributed by atoms with Gasteiger partial charge in [0.2, 0.25) is 5.91 Å². The van der Waals surface area contributed by atoms with Gasteiger partial charge in [-0.2, -0.15) is 0 Å². The summed E-state index contributed by atoms with van der Waals surface area (Å²) in [7, 11) is 0. The number of allylic oxidation sites excluding steroid dienone is 1. The Hall–Kier alpha value is -0.973. The van der Waals surface area contributed by atoms with Crippen molar-refractivity contribution in [1.82, 2.24) is 0 Å². The minimum absolute atomic E-state index is 0. The average Bonchev–Trinajstić information content (AvgIpc) is 2.15. The maximum Gasteiger partial charge on any atom is 1.00 e. The minimum atomic E-state index is -0.300. The fourth-order valence-electron chi connectivity index (χ4n) is 1.27. The summed E-state index contributed by atoms with van der Waals surface area (Å²) in [6, 6.07) is 9.51. The fraction of sp³-hybridized carbons (Fsp3) is 0.182. The van der Waals surface area contributed by atoms with Crippen molar-refractivity contribution < 1.29 is 25.1 Å². The van der Waals surface area contributed by atoms with Crippen LogP contribution in [-0.4, -0.2) is 5.91 Å². The zero-order valence-corrected chi connectivity index (χ0v) is 8.44. The maximum atomic E-state index is 11.1. The van der Waals surface area contributed by atoms with Crippen LogP contribution in [0.25, 0.3) is 0 Å². The number of nitrogens with two attached hydrogens (primary N) is 1. The molecule has 0 aliphatic carbocycles. The molecular formula is C11H14LiNO. The van der Waals surface area contributed by atoms with Crippen molar-refractivity contribution in [2.45, 2.75) is 12.3 Å². The van der Waals surface area contributed by atoms with E-state index in [0.29, 0.717) is 6.42 Å². The molecule has 0 aliphatic heterocycles. The predicted octanol–water partition coefficient (Wildman–Crippen LogP) is -1.05. The van der Waals surface area contributed by atoms with Crippen molar-refractivity contribution in [2.75, 3.05) is 0 Å². The molecule has 1 atom stereocenters. The molecule has 70 valence electrons. The van der Waals surface area contributed by atoms with E-state index < -0.39 is 0 Å². The summed E-state index contributed by atoms with van der Waals surface area (Å²) < 4.78 is 0. The Kier molecular flexibility index (Phi) is 6.03. The third-order valence-corrected chi connectivity index (χ3v) is 1.95. The largest absolute Gasteiger partial charge is 1.00 e. The molecule has 0 radical (unpaired) electrons. The van der Waals surface area contributed by atoms with E-state index in [1.807, 2.05) is 30.3 Å². The van der Waals surface area contributed by atoms with Gasteiger partial charge in [0.05, 0.1) is 5.92 Å². The molecule has 0 unspecified atom stereocenters. The van der Waals surface area contributed by atoms with E-state index in [1.54, 1.807) is 6.08 Å². The van der Waals surface area contributed by atoms with Crippen LogP contribution in [0.4, 0.5) is 0 Å². The smallest absolute Gasteiger partial charge is 1.00 e. The van der Waals surface area contributed by atoms with Gasteiger partial charge in [-0.15, -0.1) is 6.58 Å². The molecule has 0 heterocycles. The molecule has 1 amide bonds. The van der Waals surface area contributed by atoms with Crippen LogP contribution in [0.3, 0.4) is 0 Å². The monoisotopic (exact) mass is 183 g/mol. The molecule has 0 saturated carbocycles. The molecule has 2 N–H and O–H groups in total. The molecule has 0 bridgehead atoms. The van der Waals surface area contributed by atoms with E-state index >= 15 is 0 Å².